The molecule has 2 aliphatic rings. The van der Waals surface area contributed by atoms with Crippen LogP contribution < -0.4 is 5.73 Å². The molecule has 2 N–H and O–H groups in total. The number of nitrogens with two attached hydrogens (primary N) is 1. The van der Waals surface area contributed by atoms with Crippen molar-refractivity contribution in [2.24, 2.45) is 5.73 Å². The molecule has 110 valence electrons. The standard InChI is InChI=1S/C14H28N4O/c1-11-8-18(9-12(2)16(11)3)14(19)10-17-6-4-13(15)5-7-17/h11-13H,4-10,15H2,1-3H3. The first-order valence-corrected chi connectivity index (χ1v) is 7.45. The molecule has 19 heavy (non-hydrogen) atoms. The number of piperazine rings is 1. The van der Waals surface area contributed by atoms with E-state index >= 15 is 0 Å². The van der Waals surface area contributed by atoms with Gasteiger partial charge in [0.1, 0.15) is 0 Å². The molecule has 0 radical (unpaired) electrons. The second kappa shape index (κ2) is 6.20. The maximum atomic E-state index is 12.4. The van der Waals surface area contributed by atoms with Gasteiger partial charge in [0.05, 0.1) is 6.54 Å². The lowest BCUT2D eigenvalue weighted by Crippen LogP contribution is -2.58. The molecule has 2 fully saturated rings. The van der Waals surface area contributed by atoms with Crippen LogP contribution in [0.2, 0.25) is 0 Å². The van der Waals surface area contributed by atoms with E-state index in [1.165, 1.54) is 0 Å². The van der Waals surface area contributed by atoms with Crippen molar-refractivity contribution in [2.45, 2.75) is 44.8 Å². The molecular formula is C14H28N4O. The average Bonchev–Trinajstić information content (AvgIpc) is 2.38. The Morgan fingerprint density at radius 2 is 1.68 bits per heavy atom. The third kappa shape index (κ3) is 3.68. The van der Waals surface area contributed by atoms with Gasteiger partial charge < -0.3 is 10.6 Å². The molecule has 2 unspecified atom stereocenters. The van der Waals surface area contributed by atoms with Crippen LogP contribution in [0.4, 0.5) is 0 Å². The molecule has 2 atom stereocenters. The summed E-state index contributed by atoms with van der Waals surface area (Å²) in [4.78, 5) is 19.0. The van der Waals surface area contributed by atoms with E-state index in [9.17, 15) is 4.79 Å². The molecule has 0 spiro atoms. The Morgan fingerprint density at radius 3 is 2.21 bits per heavy atom. The number of rotatable bonds is 2. The molecule has 0 aromatic carbocycles. The van der Waals surface area contributed by atoms with Crippen molar-refractivity contribution >= 4 is 5.91 Å². The predicted octanol–water partition coefficient (Wildman–Crippen LogP) is -0.0395. The van der Waals surface area contributed by atoms with Gasteiger partial charge in [-0.3, -0.25) is 14.6 Å². The molecule has 0 bridgehead atoms. The van der Waals surface area contributed by atoms with Gasteiger partial charge in [-0.05, 0) is 33.7 Å². The van der Waals surface area contributed by atoms with Gasteiger partial charge in [0.15, 0.2) is 0 Å². The minimum atomic E-state index is 0.280. The Bertz CT molecular complexity index is 303. The van der Waals surface area contributed by atoms with E-state index in [1.54, 1.807) is 0 Å². The van der Waals surface area contributed by atoms with Crippen molar-refractivity contribution in [3.05, 3.63) is 0 Å². The number of piperidine rings is 1. The quantitative estimate of drug-likeness (QED) is 0.763. The molecular weight excluding hydrogens is 240 g/mol. The normalized spacial score (nSPS) is 31.7. The van der Waals surface area contributed by atoms with Gasteiger partial charge in [-0.25, -0.2) is 0 Å². The first-order valence-electron chi connectivity index (χ1n) is 7.45. The van der Waals surface area contributed by atoms with Crippen LogP contribution in [0.5, 0.6) is 0 Å². The van der Waals surface area contributed by atoms with Gasteiger partial charge in [0.2, 0.25) is 5.91 Å². The second-order valence-electron chi connectivity index (χ2n) is 6.28. The van der Waals surface area contributed by atoms with Gasteiger partial charge in [-0.2, -0.15) is 0 Å². The summed E-state index contributed by atoms with van der Waals surface area (Å²) in [6.45, 7) is 8.58. The van der Waals surface area contributed by atoms with Crippen LogP contribution >= 0.6 is 0 Å². The van der Waals surface area contributed by atoms with Crippen molar-refractivity contribution in [1.82, 2.24) is 14.7 Å². The Labute approximate surface area is 116 Å². The molecule has 5 heteroatoms. The molecule has 2 saturated heterocycles. The Morgan fingerprint density at radius 1 is 1.16 bits per heavy atom. The van der Waals surface area contributed by atoms with Gasteiger partial charge >= 0.3 is 0 Å². The molecule has 5 nitrogen and oxygen atoms in total. The zero-order valence-electron chi connectivity index (χ0n) is 12.5. The van der Waals surface area contributed by atoms with E-state index < -0.39 is 0 Å². The highest BCUT2D eigenvalue weighted by Gasteiger charge is 2.30. The molecule has 0 saturated carbocycles. The van der Waals surface area contributed by atoms with Gasteiger partial charge in [0.25, 0.3) is 0 Å². The van der Waals surface area contributed by atoms with E-state index in [2.05, 4.69) is 30.7 Å². The zero-order chi connectivity index (χ0) is 14.0. The largest absolute Gasteiger partial charge is 0.338 e. The highest BCUT2D eigenvalue weighted by atomic mass is 16.2. The van der Waals surface area contributed by atoms with Crippen molar-refractivity contribution in [1.29, 1.82) is 0 Å². The number of nitrogens with zero attached hydrogens (tertiary/aromatic N) is 3. The summed E-state index contributed by atoms with van der Waals surface area (Å²) in [5.74, 6) is 0.280. The topological polar surface area (TPSA) is 52.8 Å². The number of carbonyl (C=O) groups excluding carboxylic acids is 1. The summed E-state index contributed by atoms with van der Waals surface area (Å²) >= 11 is 0. The van der Waals surface area contributed by atoms with E-state index in [1.807, 2.05) is 4.90 Å². The average molecular weight is 268 g/mol. The molecule has 2 rings (SSSR count). The molecule has 0 aliphatic carbocycles. The number of likely N-dealkylation sites (tertiary alicyclic amines) is 1. The lowest BCUT2D eigenvalue weighted by Gasteiger charge is -2.43. The molecule has 1 amide bonds. The summed E-state index contributed by atoms with van der Waals surface area (Å²) in [5.41, 5.74) is 5.89. The lowest BCUT2D eigenvalue weighted by molar-refractivity contribution is -0.136. The fourth-order valence-corrected chi connectivity index (χ4v) is 3.01. The summed E-state index contributed by atoms with van der Waals surface area (Å²) in [5, 5.41) is 0. The predicted molar refractivity (Wildman–Crippen MR) is 76.9 cm³/mol. The van der Waals surface area contributed by atoms with Crippen LogP contribution in [-0.2, 0) is 4.79 Å². The van der Waals surface area contributed by atoms with Crippen molar-refractivity contribution < 1.29 is 4.79 Å². The molecule has 0 aromatic rings. The number of carbonyl (C=O) groups is 1. The Hall–Kier alpha value is -0.650. The van der Waals surface area contributed by atoms with Gasteiger partial charge in [0, 0.05) is 44.3 Å². The second-order valence-corrected chi connectivity index (χ2v) is 6.28. The van der Waals surface area contributed by atoms with E-state index in [0.717, 1.165) is 39.0 Å². The lowest BCUT2D eigenvalue weighted by atomic mass is 10.1. The smallest absolute Gasteiger partial charge is 0.236 e. The number of likely N-dealkylation sites (N-methyl/N-ethyl adjacent to an activating group) is 1. The summed E-state index contributed by atoms with van der Waals surface area (Å²) in [6, 6.07) is 1.22. The Balaban J connectivity index is 1.83. The van der Waals surface area contributed by atoms with Gasteiger partial charge in [-0.1, -0.05) is 0 Å². The van der Waals surface area contributed by atoms with Crippen molar-refractivity contribution in [2.75, 3.05) is 39.8 Å². The van der Waals surface area contributed by atoms with Crippen LogP contribution in [-0.4, -0.2) is 78.5 Å². The van der Waals surface area contributed by atoms with E-state index in [4.69, 9.17) is 5.73 Å². The first-order chi connectivity index (χ1) is 8.97. The monoisotopic (exact) mass is 268 g/mol. The van der Waals surface area contributed by atoms with Crippen LogP contribution in [0.1, 0.15) is 26.7 Å². The van der Waals surface area contributed by atoms with Gasteiger partial charge in [-0.15, -0.1) is 0 Å². The third-order valence-electron chi connectivity index (χ3n) is 4.70. The SMILES string of the molecule is CC1CN(C(=O)CN2CCC(N)CC2)CC(C)N1C. The van der Waals surface area contributed by atoms with E-state index in [-0.39, 0.29) is 5.91 Å². The summed E-state index contributed by atoms with van der Waals surface area (Å²) < 4.78 is 0. The van der Waals surface area contributed by atoms with E-state index in [0.29, 0.717) is 24.7 Å². The first kappa shape index (κ1) is 14.8. The highest BCUT2D eigenvalue weighted by Crippen LogP contribution is 2.14. The fraction of sp³-hybridized carbons (Fsp3) is 0.929. The maximum absolute atomic E-state index is 12.4. The molecule has 2 aliphatic heterocycles. The zero-order valence-corrected chi connectivity index (χ0v) is 12.5. The molecule has 0 aromatic heterocycles. The third-order valence-corrected chi connectivity index (χ3v) is 4.70. The fourth-order valence-electron chi connectivity index (χ4n) is 3.01. The maximum Gasteiger partial charge on any atom is 0.236 e. The highest BCUT2D eigenvalue weighted by molar-refractivity contribution is 5.78. The van der Waals surface area contributed by atoms with Crippen LogP contribution in [0.15, 0.2) is 0 Å². The van der Waals surface area contributed by atoms with Crippen molar-refractivity contribution in [3.8, 4) is 0 Å². The number of hydrogen-bond acceptors (Lipinski definition) is 4. The Kier molecular flexibility index (Phi) is 4.81. The van der Waals surface area contributed by atoms with Crippen LogP contribution in [0.3, 0.4) is 0 Å². The summed E-state index contributed by atoms with van der Waals surface area (Å²) in [7, 11) is 2.14. The van der Waals surface area contributed by atoms with Crippen molar-refractivity contribution in [3.63, 3.8) is 0 Å². The minimum absolute atomic E-state index is 0.280. The number of amides is 1. The number of hydrogen-bond donors (Lipinski definition) is 1. The minimum Gasteiger partial charge on any atom is -0.338 e. The van der Waals surface area contributed by atoms with Crippen LogP contribution in [0.25, 0.3) is 0 Å². The summed E-state index contributed by atoms with van der Waals surface area (Å²) in [6.07, 6.45) is 2.03. The van der Waals surface area contributed by atoms with Crippen LogP contribution in [0, 0.1) is 0 Å². The molecule has 2 heterocycles.